The Balaban J connectivity index is 2.05. The number of imide groups is 1. The van der Waals surface area contributed by atoms with Crippen molar-refractivity contribution in [3.63, 3.8) is 0 Å². The summed E-state index contributed by atoms with van der Waals surface area (Å²) in [7, 11) is 0. The van der Waals surface area contributed by atoms with Gasteiger partial charge in [0.2, 0.25) is 0 Å². The van der Waals surface area contributed by atoms with Crippen molar-refractivity contribution < 1.29 is 9.59 Å². The maximum atomic E-state index is 12.3. The predicted molar refractivity (Wildman–Crippen MR) is 92.3 cm³/mol. The number of aromatic nitrogens is 1. The Kier molecular flexibility index (Phi) is 3.97. The molecule has 1 aliphatic rings. The number of carbonyl (C=O) groups is 2. The molecule has 5 heteroatoms. The van der Waals surface area contributed by atoms with Crippen LogP contribution in [0.2, 0.25) is 0 Å². The first-order valence-electron chi connectivity index (χ1n) is 6.86. The molecule has 0 atom stereocenters. The fourth-order valence-corrected chi connectivity index (χ4v) is 3.32. The minimum atomic E-state index is -0.355. The van der Waals surface area contributed by atoms with Crippen LogP contribution in [0.3, 0.4) is 0 Å². The number of carbonyl (C=O) groups excluding carboxylic acids is 2. The molecule has 0 saturated carbocycles. The van der Waals surface area contributed by atoms with Crippen molar-refractivity contribution in [1.29, 1.82) is 0 Å². The van der Waals surface area contributed by atoms with Crippen molar-refractivity contribution in [2.45, 2.75) is 6.54 Å². The van der Waals surface area contributed by atoms with Crippen molar-refractivity contribution in [1.82, 2.24) is 9.47 Å². The molecule has 0 aliphatic carbocycles. The molecular formula is C18H12N2O2S. The van der Waals surface area contributed by atoms with E-state index in [1.807, 2.05) is 35.0 Å². The highest BCUT2D eigenvalue weighted by Crippen LogP contribution is 2.33. The summed E-state index contributed by atoms with van der Waals surface area (Å²) >= 11 is 0.901. The fraction of sp³-hybridized carbons (Fsp3) is 0.111. The van der Waals surface area contributed by atoms with Gasteiger partial charge >= 0.3 is 0 Å². The SMILES string of the molecule is C#CCN1C(=O)S/C(=C\c2cn(CC#C)c3ccccc23)C1=O. The highest BCUT2D eigenvalue weighted by Gasteiger charge is 2.34. The Hall–Kier alpha value is -2.89. The van der Waals surface area contributed by atoms with E-state index in [0.717, 1.165) is 33.1 Å². The molecule has 0 unspecified atom stereocenters. The second kappa shape index (κ2) is 6.08. The zero-order chi connectivity index (χ0) is 16.4. The molecule has 23 heavy (non-hydrogen) atoms. The summed E-state index contributed by atoms with van der Waals surface area (Å²) < 4.78 is 1.94. The quantitative estimate of drug-likeness (QED) is 0.645. The second-order valence-electron chi connectivity index (χ2n) is 4.91. The first-order valence-corrected chi connectivity index (χ1v) is 7.67. The molecule has 112 valence electrons. The molecule has 1 aromatic carbocycles. The van der Waals surface area contributed by atoms with Crippen LogP contribution in [0.25, 0.3) is 17.0 Å². The lowest BCUT2D eigenvalue weighted by Crippen LogP contribution is -2.28. The number of amides is 2. The number of benzene rings is 1. The van der Waals surface area contributed by atoms with Gasteiger partial charge in [-0.3, -0.25) is 14.5 Å². The van der Waals surface area contributed by atoms with Gasteiger partial charge in [-0.05, 0) is 23.9 Å². The third kappa shape index (κ3) is 2.63. The Labute approximate surface area is 138 Å². The van der Waals surface area contributed by atoms with Crippen molar-refractivity contribution in [3.8, 4) is 24.7 Å². The largest absolute Gasteiger partial charge is 0.335 e. The van der Waals surface area contributed by atoms with E-state index < -0.39 is 0 Å². The van der Waals surface area contributed by atoms with Crippen molar-refractivity contribution in [2.75, 3.05) is 6.54 Å². The predicted octanol–water partition coefficient (Wildman–Crippen LogP) is 2.94. The molecule has 1 fully saturated rings. The average molecular weight is 320 g/mol. The number of nitrogens with zero attached hydrogens (tertiary/aromatic N) is 2. The standard InChI is InChI=1S/C18H12N2O2S/c1-3-9-19-12-13(14-7-5-6-8-15(14)19)11-16-17(21)20(10-4-2)18(22)23-16/h1-2,5-8,11-12H,9-10H2/b16-11-. The number of rotatable bonds is 3. The van der Waals surface area contributed by atoms with Crippen LogP contribution in [-0.2, 0) is 11.3 Å². The number of terminal acetylenes is 2. The van der Waals surface area contributed by atoms with Crippen molar-refractivity contribution >= 4 is 39.9 Å². The lowest BCUT2D eigenvalue weighted by Gasteiger charge is -2.06. The first kappa shape index (κ1) is 15.0. The van der Waals surface area contributed by atoms with E-state index >= 15 is 0 Å². The molecule has 1 saturated heterocycles. The molecule has 0 bridgehead atoms. The van der Waals surface area contributed by atoms with Crippen LogP contribution < -0.4 is 0 Å². The molecule has 0 spiro atoms. The summed E-state index contributed by atoms with van der Waals surface area (Å²) in [5, 5.41) is 0.637. The van der Waals surface area contributed by atoms with E-state index in [1.165, 1.54) is 0 Å². The molecule has 4 nitrogen and oxygen atoms in total. The van der Waals surface area contributed by atoms with Crippen LogP contribution in [0.1, 0.15) is 5.56 Å². The van der Waals surface area contributed by atoms with E-state index in [0.29, 0.717) is 11.4 Å². The summed E-state index contributed by atoms with van der Waals surface area (Å²) in [6.07, 6.45) is 14.2. The smallest absolute Gasteiger partial charge is 0.294 e. The molecule has 3 rings (SSSR count). The fourth-order valence-electron chi connectivity index (χ4n) is 2.49. The minimum absolute atomic E-state index is 0.0130. The van der Waals surface area contributed by atoms with Gasteiger partial charge in [-0.15, -0.1) is 12.8 Å². The molecule has 2 heterocycles. The van der Waals surface area contributed by atoms with Gasteiger partial charge in [0, 0.05) is 22.7 Å². The third-order valence-corrected chi connectivity index (χ3v) is 4.40. The van der Waals surface area contributed by atoms with Crippen LogP contribution in [-0.4, -0.2) is 27.2 Å². The summed E-state index contributed by atoms with van der Waals surface area (Å²) in [6, 6.07) is 7.78. The van der Waals surface area contributed by atoms with E-state index in [-0.39, 0.29) is 17.7 Å². The van der Waals surface area contributed by atoms with Gasteiger partial charge in [-0.25, -0.2) is 0 Å². The average Bonchev–Trinajstić information content (AvgIpc) is 3.02. The molecule has 0 radical (unpaired) electrons. The van der Waals surface area contributed by atoms with Gasteiger partial charge in [0.05, 0.1) is 18.0 Å². The monoisotopic (exact) mass is 320 g/mol. The number of hydrogen-bond acceptors (Lipinski definition) is 3. The van der Waals surface area contributed by atoms with Crippen LogP contribution >= 0.6 is 11.8 Å². The Morgan fingerprint density at radius 1 is 1.13 bits per heavy atom. The summed E-state index contributed by atoms with van der Waals surface area (Å²) in [5.74, 6) is 4.58. The van der Waals surface area contributed by atoms with Gasteiger partial charge < -0.3 is 4.57 Å². The van der Waals surface area contributed by atoms with E-state index in [1.54, 1.807) is 6.08 Å². The molecule has 1 aliphatic heterocycles. The van der Waals surface area contributed by atoms with E-state index in [4.69, 9.17) is 12.8 Å². The van der Waals surface area contributed by atoms with Crippen molar-refractivity contribution in [3.05, 3.63) is 40.9 Å². The lowest BCUT2D eigenvalue weighted by atomic mass is 10.1. The third-order valence-electron chi connectivity index (χ3n) is 3.49. The molecule has 2 amide bonds. The highest BCUT2D eigenvalue weighted by atomic mass is 32.2. The van der Waals surface area contributed by atoms with Crippen LogP contribution in [0.15, 0.2) is 35.4 Å². The normalized spacial score (nSPS) is 16.1. The van der Waals surface area contributed by atoms with Crippen LogP contribution in [0, 0.1) is 24.7 Å². The summed E-state index contributed by atoms with van der Waals surface area (Å²) in [5.41, 5.74) is 1.83. The number of hydrogen-bond donors (Lipinski definition) is 0. The van der Waals surface area contributed by atoms with E-state index in [2.05, 4.69) is 11.8 Å². The van der Waals surface area contributed by atoms with Gasteiger partial charge in [0.15, 0.2) is 0 Å². The Bertz CT molecular complexity index is 925. The molecule has 0 N–H and O–H groups in total. The summed E-state index contributed by atoms with van der Waals surface area (Å²) in [4.78, 5) is 25.5. The molecule has 1 aromatic heterocycles. The maximum Gasteiger partial charge on any atom is 0.294 e. The first-order chi connectivity index (χ1) is 11.2. The maximum absolute atomic E-state index is 12.3. The lowest BCUT2D eigenvalue weighted by molar-refractivity contribution is -0.122. The van der Waals surface area contributed by atoms with Gasteiger partial charge in [0.25, 0.3) is 11.1 Å². The minimum Gasteiger partial charge on any atom is -0.335 e. The molecular weight excluding hydrogens is 308 g/mol. The van der Waals surface area contributed by atoms with Crippen LogP contribution in [0.4, 0.5) is 4.79 Å². The zero-order valence-electron chi connectivity index (χ0n) is 12.2. The van der Waals surface area contributed by atoms with Crippen molar-refractivity contribution in [2.24, 2.45) is 0 Å². The zero-order valence-corrected chi connectivity index (χ0v) is 13.0. The van der Waals surface area contributed by atoms with Gasteiger partial charge in [-0.2, -0.15) is 0 Å². The summed E-state index contributed by atoms with van der Waals surface area (Å²) in [6.45, 7) is 0.424. The van der Waals surface area contributed by atoms with Gasteiger partial charge in [0.1, 0.15) is 0 Å². The second-order valence-corrected chi connectivity index (χ2v) is 5.90. The number of fused-ring (bicyclic) bond motifs is 1. The molecule has 2 aromatic rings. The Morgan fingerprint density at radius 2 is 1.87 bits per heavy atom. The highest BCUT2D eigenvalue weighted by molar-refractivity contribution is 8.18. The number of thioether (sulfide) groups is 1. The van der Waals surface area contributed by atoms with Gasteiger partial charge in [-0.1, -0.05) is 30.0 Å². The topological polar surface area (TPSA) is 42.3 Å². The number of para-hydroxylation sites is 1. The Morgan fingerprint density at radius 3 is 2.61 bits per heavy atom. The van der Waals surface area contributed by atoms with E-state index in [9.17, 15) is 9.59 Å². The van der Waals surface area contributed by atoms with Crippen LogP contribution in [0.5, 0.6) is 0 Å².